The normalized spacial score (nSPS) is 20.4. The molecule has 8 heteroatoms. The van der Waals surface area contributed by atoms with Crippen molar-refractivity contribution >= 4 is 5.91 Å². The van der Waals surface area contributed by atoms with Crippen LogP contribution in [0.2, 0.25) is 0 Å². The highest BCUT2D eigenvalue weighted by Gasteiger charge is 2.34. The van der Waals surface area contributed by atoms with Crippen molar-refractivity contribution in [2.24, 2.45) is 13.0 Å². The molecule has 0 radical (unpaired) electrons. The largest absolute Gasteiger partial charge is 0.480 e. The van der Waals surface area contributed by atoms with Gasteiger partial charge in [-0.05, 0) is 37.9 Å². The van der Waals surface area contributed by atoms with E-state index in [4.69, 9.17) is 4.74 Å². The number of carbonyl (C=O) groups is 1. The molecule has 0 saturated carbocycles. The first-order valence-electron chi connectivity index (χ1n) is 9.39. The lowest BCUT2D eigenvalue weighted by molar-refractivity contribution is 0.0584. The summed E-state index contributed by atoms with van der Waals surface area (Å²) in [5.41, 5.74) is 1.55. The van der Waals surface area contributed by atoms with E-state index in [1.54, 1.807) is 17.0 Å². The van der Waals surface area contributed by atoms with E-state index >= 15 is 0 Å². The van der Waals surface area contributed by atoms with Gasteiger partial charge < -0.3 is 9.64 Å². The molecule has 8 nitrogen and oxygen atoms in total. The van der Waals surface area contributed by atoms with E-state index in [0.29, 0.717) is 24.0 Å². The Morgan fingerprint density at radius 2 is 2.19 bits per heavy atom. The van der Waals surface area contributed by atoms with Gasteiger partial charge in [-0.1, -0.05) is 6.92 Å². The number of piperidine rings is 1. The summed E-state index contributed by atoms with van der Waals surface area (Å²) in [6.07, 6.45) is 6.26. The third-order valence-electron chi connectivity index (χ3n) is 5.26. The SMILES string of the molecule is CCN1CCC[C@@H](CN(C)C(=O)c2ccc(OC)nn2)[C@@H]1c1cnn(C)c1. The molecule has 0 bridgehead atoms. The van der Waals surface area contributed by atoms with Crippen molar-refractivity contribution in [3.05, 3.63) is 35.8 Å². The van der Waals surface area contributed by atoms with Crippen molar-refractivity contribution in [2.75, 3.05) is 33.8 Å². The van der Waals surface area contributed by atoms with E-state index in [1.165, 1.54) is 12.7 Å². The Kier molecular flexibility index (Phi) is 6.05. The van der Waals surface area contributed by atoms with Crippen LogP contribution in [0.5, 0.6) is 5.88 Å². The summed E-state index contributed by atoms with van der Waals surface area (Å²) >= 11 is 0. The number of aromatic nitrogens is 4. The van der Waals surface area contributed by atoms with Gasteiger partial charge in [0.15, 0.2) is 5.69 Å². The number of likely N-dealkylation sites (tertiary alicyclic amines) is 1. The minimum absolute atomic E-state index is 0.122. The van der Waals surface area contributed by atoms with Crippen LogP contribution in [0, 0.1) is 5.92 Å². The topological polar surface area (TPSA) is 76.4 Å². The van der Waals surface area contributed by atoms with Gasteiger partial charge in [0.1, 0.15) is 0 Å². The van der Waals surface area contributed by atoms with Crippen molar-refractivity contribution in [1.29, 1.82) is 0 Å². The number of methoxy groups -OCH3 is 1. The van der Waals surface area contributed by atoms with Crippen molar-refractivity contribution < 1.29 is 9.53 Å². The number of aryl methyl sites for hydroxylation is 1. The summed E-state index contributed by atoms with van der Waals surface area (Å²) in [6, 6.07) is 3.59. The lowest BCUT2D eigenvalue weighted by Gasteiger charge is -2.41. The molecular formula is C19H28N6O2. The van der Waals surface area contributed by atoms with Gasteiger partial charge in [0.2, 0.25) is 5.88 Å². The Hall–Kier alpha value is -2.48. The van der Waals surface area contributed by atoms with E-state index < -0.39 is 0 Å². The number of amides is 1. The molecular weight excluding hydrogens is 344 g/mol. The Morgan fingerprint density at radius 1 is 1.37 bits per heavy atom. The minimum Gasteiger partial charge on any atom is -0.480 e. The first-order chi connectivity index (χ1) is 13.0. The molecule has 1 amide bonds. The van der Waals surface area contributed by atoms with Crippen LogP contribution in [0.25, 0.3) is 0 Å². The number of nitrogens with zero attached hydrogens (tertiary/aromatic N) is 6. The van der Waals surface area contributed by atoms with Crippen molar-refractivity contribution in [1.82, 2.24) is 29.8 Å². The summed E-state index contributed by atoms with van der Waals surface area (Å²) in [5, 5.41) is 12.2. The smallest absolute Gasteiger partial charge is 0.274 e. The maximum Gasteiger partial charge on any atom is 0.274 e. The standard InChI is InChI=1S/C19H28N6O2/c1-5-25-10-6-7-14(18(25)15-11-20-24(3)13-15)12-23(2)19(26)16-8-9-17(27-4)22-21-16/h8-9,11,13-14,18H,5-7,10,12H2,1-4H3/t14-,18+/m0/s1. The van der Waals surface area contributed by atoms with Crippen molar-refractivity contribution in [2.45, 2.75) is 25.8 Å². The second-order valence-corrected chi connectivity index (χ2v) is 7.07. The van der Waals surface area contributed by atoms with Crippen LogP contribution in [0.3, 0.4) is 0 Å². The van der Waals surface area contributed by atoms with Gasteiger partial charge in [0.25, 0.3) is 5.91 Å². The molecule has 1 fully saturated rings. The van der Waals surface area contributed by atoms with E-state index in [9.17, 15) is 4.79 Å². The summed E-state index contributed by atoms with van der Waals surface area (Å²) in [7, 11) is 5.30. The maximum atomic E-state index is 12.8. The number of carbonyl (C=O) groups excluding carboxylic acids is 1. The molecule has 3 rings (SSSR count). The molecule has 0 unspecified atom stereocenters. The Morgan fingerprint density at radius 3 is 2.78 bits per heavy atom. The molecule has 1 saturated heterocycles. The van der Waals surface area contributed by atoms with Gasteiger partial charge in [-0.3, -0.25) is 14.4 Å². The predicted molar refractivity (Wildman–Crippen MR) is 101 cm³/mol. The average Bonchev–Trinajstić information content (AvgIpc) is 3.13. The van der Waals surface area contributed by atoms with Crippen LogP contribution in [-0.2, 0) is 7.05 Å². The van der Waals surface area contributed by atoms with Gasteiger partial charge in [-0.2, -0.15) is 5.10 Å². The molecule has 146 valence electrons. The highest BCUT2D eigenvalue weighted by atomic mass is 16.5. The Bertz CT molecular complexity index is 760. The fourth-order valence-electron chi connectivity index (χ4n) is 3.95. The monoisotopic (exact) mass is 372 g/mol. The summed E-state index contributed by atoms with van der Waals surface area (Å²) in [5.74, 6) is 0.628. The molecule has 27 heavy (non-hydrogen) atoms. The van der Waals surface area contributed by atoms with Crippen LogP contribution in [0.4, 0.5) is 0 Å². The van der Waals surface area contributed by atoms with E-state index in [-0.39, 0.29) is 11.9 Å². The summed E-state index contributed by atoms with van der Waals surface area (Å²) in [6.45, 7) is 4.92. The van der Waals surface area contributed by atoms with E-state index in [1.807, 2.05) is 25.0 Å². The van der Waals surface area contributed by atoms with Crippen LogP contribution >= 0.6 is 0 Å². The van der Waals surface area contributed by atoms with E-state index in [0.717, 1.165) is 25.9 Å². The lowest BCUT2D eigenvalue weighted by Crippen LogP contribution is -2.44. The molecule has 1 aliphatic rings. The molecule has 0 aromatic carbocycles. The van der Waals surface area contributed by atoms with Gasteiger partial charge in [-0.15, -0.1) is 10.2 Å². The molecule has 2 aromatic rings. The van der Waals surface area contributed by atoms with Gasteiger partial charge in [0.05, 0.1) is 13.3 Å². The van der Waals surface area contributed by atoms with Crippen LogP contribution < -0.4 is 4.74 Å². The molecule has 0 aliphatic carbocycles. The van der Waals surface area contributed by atoms with Gasteiger partial charge in [0, 0.05) is 44.5 Å². The summed E-state index contributed by atoms with van der Waals surface area (Å²) < 4.78 is 6.85. The predicted octanol–water partition coefficient (Wildman–Crippen LogP) is 1.76. The second kappa shape index (κ2) is 8.47. The zero-order valence-corrected chi connectivity index (χ0v) is 16.5. The molecule has 0 N–H and O–H groups in total. The highest BCUT2D eigenvalue weighted by molar-refractivity contribution is 5.91. The van der Waals surface area contributed by atoms with Gasteiger partial charge >= 0.3 is 0 Å². The molecule has 1 aliphatic heterocycles. The zero-order chi connectivity index (χ0) is 19.4. The van der Waals surface area contributed by atoms with E-state index in [2.05, 4.69) is 33.3 Å². The summed E-state index contributed by atoms with van der Waals surface area (Å²) in [4.78, 5) is 17.0. The highest BCUT2D eigenvalue weighted by Crippen LogP contribution is 2.36. The molecule has 2 atom stereocenters. The first kappa shape index (κ1) is 19.3. The lowest BCUT2D eigenvalue weighted by atomic mass is 9.85. The number of rotatable bonds is 6. The number of hydrogen-bond donors (Lipinski definition) is 0. The maximum absolute atomic E-state index is 12.8. The Labute approximate surface area is 160 Å². The molecule has 2 aromatic heterocycles. The van der Waals surface area contributed by atoms with Gasteiger partial charge in [-0.25, -0.2) is 0 Å². The third kappa shape index (κ3) is 4.27. The average molecular weight is 372 g/mol. The van der Waals surface area contributed by atoms with Crippen LogP contribution in [-0.4, -0.2) is 69.5 Å². The number of hydrogen-bond acceptors (Lipinski definition) is 6. The molecule has 0 spiro atoms. The molecule has 3 heterocycles. The van der Waals surface area contributed by atoms with Crippen LogP contribution in [0.15, 0.2) is 24.5 Å². The number of ether oxygens (including phenoxy) is 1. The van der Waals surface area contributed by atoms with Crippen LogP contribution in [0.1, 0.15) is 41.9 Å². The third-order valence-corrected chi connectivity index (χ3v) is 5.26. The fraction of sp³-hybridized carbons (Fsp3) is 0.579. The van der Waals surface area contributed by atoms with Crippen molar-refractivity contribution in [3.8, 4) is 5.88 Å². The first-order valence-corrected chi connectivity index (χ1v) is 9.39. The zero-order valence-electron chi connectivity index (χ0n) is 16.5. The fourth-order valence-corrected chi connectivity index (χ4v) is 3.95. The Balaban J connectivity index is 1.75. The van der Waals surface area contributed by atoms with Crippen molar-refractivity contribution in [3.63, 3.8) is 0 Å². The minimum atomic E-state index is -0.122. The quantitative estimate of drug-likeness (QED) is 0.769. The second-order valence-electron chi connectivity index (χ2n) is 7.07.